The Kier molecular flexibility index (Phi) is 3.39. The highest BCUT2D eigenvalue weighted by Gasteiger charge is 2.36. The van der Waals surface area contributed by atoms with Gasteiger partial charge in [-0.25, -0.2) is 8.78 Å². The predicted octanol–water partition coefficient (Wildman–Crippen LogP) is 2.41. The molecule has 0 aromatic heterocycles. The van der Waals surface area contributed by atoms with Crippen LogP contribution in [0.15, 0.2) is 18.2 Å². The van der Waals surface area contributed by atoms with Crippen molar-refractivity contribution in [3.05, 3.63) is 35.4 Å². The number of hydrogen-bond acceptors (Lipinski definition) is 2. The molecule has 0 spiro atoms. The number of likely N-dealkylation sites (tertiary alicyclic amines) is 1. The Hall–Kier alpha value is -1.78. The molecule has 0 radical (unpaired) electrons. The van der Waals surface area contributed by atoms with Crippen molar-refractivity contribution in [2.75, 3.05) is 13.1 Å². The molecule has 1 aliphatic heterocycles. The lowest BCUT2D eigenvalue weighted by molar-refractivity contribution is -0.130. The zero-order chi connectivity index (χ0) is 14.2. The van der Waals surface area contributed by atoms with Crippen molar-refractivity contribution in [2.45, 2.75) is 20.3 Å². The Bertz CT molecular complexity index is 540. The summed E-state index contributed by atoms with van der Waals surface area (Å²) in [6, 6.07) is 2.88. The van der Waals surface area contributed by atoms with Crippen molar-refractivity contribution < 1.29 is 18.4 Å². The van der Waals surface area contributed by atoms with Gasteiger partial charge in [0.1, 0.15) is 17.4 Å². The van der Waals surface area contributed by atoms with Gasteiger partial charge in [0.25, 0.3) is 5.91 Å². The van der Waals surface area contributed by atoms with Gasteiger partial charge in [-0.05, 0) is 12.1 Å². The number of halogens is 2. The Morgan fingerprint density at radius 2 is 2.00 bits per heavy atom. The van der Waals surface area contributed by atoms with Crippen LogP contribution in [0.4, 0.5) is 8.78 Å². The zero-order valence-corrected chi connectivity index (χ0v) is 10.9. The van der Waals surface area contributed by atoms with Crippen LogP contribution >= 0.6 is 0 Å². The van der Waals surface area contributed by atoms with Crippen LogP contribution in [-0.2, 0) is 4.79 Å². The first-order chi connectivity index (χ1) is 8.81. The molecule has 1 aromatic rings. The van der Waals surface area contributed by atoms with Crippen LogP contribution in [-0.4, -0.2) is 29.7 Å². The van der Waals surface area contributed by atoms with E-state index in [2.05, 4.69) is 0 Å². The Labute approximate surface area is 110 Å². The molecule has 19 heavy (non-hydrogen) atoms. The van der Waals surface area contributed by atoms with E-state index >= 15 is 0 Å². The van der Waals surface area contributed by atoms with E-state index in [0.717, 1.165) is 12.1 Å². The van der Waals surface area contributed by atoms with Crippen molar-refractivity contribution in [3.8, 4) is 0 Å². The Morgan fingerprint density at radius 1 is 1.32 bits per heavy atom. The van der Waals surface area contributed by atoms with Crippen molar-refractivity contribution in [3.63, 3.8) is 0 Å². The normalized spacial score (nSPS) is 18.5. The molecule has 0 unspecified atom stereocenters. The molecule has 1 heterocycles. The molecule has 1 aliphatic rings. The van der Waals surface area contributed by atoms with E-state index in [4.69, 9.17) is 0 Å². The number of carbonyl (C=O) groups excluding carboxylic acids is 2. The van der Waals surface area contributed by atoms with Crippen LogP contribution < -0.4 is 0 Å². The van der Waals surface area contributed by atoms with Crippen LogP contribution in [0, 0.1) is 17.0 Å². The van der Waals surface area contributed by atoms with Gasteiger partial charge in [-0.2, -0.15) is 0 Å². The lowest BCUT2D eigenvalue weighted by Gasteiger charge is -2.36. The number of benzene rings is 1. The maximum atomic E-state index is 13.6. The highest BCUT2D eigenvalue weighted by molar-refractivity contribution is 5.96. The molecule has 1 amide bonds. The van der Waals surface area contributed by atoms with E-state index in [-0.39, 0.29) is 30.9 Å². The molecule has 3 nitrogen and oxygen atoms in total. The van der Waals surface area contributed by atoms with E-state index in [0.29, 0.717) is 6.07 Å². The number of ketones is 1. The smallest absolute Gasteiger partial charge is 0.256 e. The fourth-order valence-electron chi connectivity index (χ4n) is 2.23. The van der Waals surface area contributed by atoms with Gasteiger partial charge in [0.05, 0.1) is 5.56 Å². The van der Waals surface area contributed by atoms with E-state index in [1.807, 2.05) is 0 Å². The predicted molar refractivity (Wildman–Crippen MR) is 65.7 cm³/mol. The van der Waals surface area contributed by atoms with E-state index < -0.39 is 23.0 Å². The van der Waals surface area contributed by atoms with Crippen LogP contribution in [0.25, 0.3) is 0 Å². The number of Topliss-reactive ketones (excluding diaryl/α,β-unsaturated/α-hetero) is 1. The van der Waals surface area contributed by atoms with Gasteiger partial charge in [-0.3, -0.25) is 9.59 Å². The lowest BCUT2D eigenvalue weighted by Crippen LogP contribution is -2.48. The molecule has 1 fully saturated rings. The van der Waals surface area contributed by atoms with Gasteiger partial charge < -0.3 is 4.90 Å². The highest BCUT2D eigenvalue weighted by atomic mass is 19.1. The minimum atomic E-state index is -0.875. The summed E-state index contributed by atoms with van der Waals surface area (Å²) in [5.41, 5.74) is -0.781. The molecular formula is C14H15F2NO2. The molecule has 0 bridgehead atoms. The quantitative estimate of drug-likeness (QED) is 0.783. The summed E-state index contributed by atoms with van der Waals surface area (Å²) < 4.78 is 26.4. The summed E-state index contributed by atoms with van der Waals surface area (Å²) in [6.45, 7) is 4.05. The monoisotopic (exact) mass is 267 g/mol. The number of amides is 1. The number of rotatable bonds is 1. The molecule has 102 valence electrons. The third-order valence-corrected chi connectivity index (χ3v) is 3.40. The summed E-state index contributed by atoms with van der Waals surface area (Å²) in [5, 5.41) is 0. The number of carbonyl (C=O) groups is 2. The third kappa shape index (κ3) is 2.64. The molecule has 5 heteroatoms. The van der Waals surface area contributed by atoms with Crippen LogP contribution in [0.1, 0.15) is 30.6 Å². The SMILES string of the molecule is CC1(C)CN(C(=O)c2ccc(F)cc2F)CCC1=O. The first-order valence-corrected chi connectivity index (χ1v) is 6.09. The van der Waals surface area contributed by atoms with E-state index in [9.17, 15) is 18.4 Å². The van der Waals surface area contributed by atoms with Gasteiger partial charge >= 0.3 is 0 Å². The molecule has 0 saturated carbocycles. The Morgan fingerprint density at radius 3 is 2.58 bits per heavy atom. The molecule has 0 N–H and O–H groups in total. The minimum Gasteiger partial charge on any atom is -0.337 e. The number of hydrogen-bond donors (Lipinski definition) is 0. The fraction of sp³-hybridized carbons (Fsp3) is 0.429. The van der Waals surface area contributed by atoms with Crippen LogP contribution in [0.5, 0.6) is 0 Å². The summed E-state index contributed by atoms with van der Waals surface area (Å²) in [7, 11) is 0. The minimum absolute atomic E-state index is 0.0936. The summed E-state index contributed by atoms with van der Waals surface area (Å²) in [4.78, 5) is 25.3. The largest absolute Gasteiger partial charge is 0.337 e. The average molecular weight is 267 g/mol. The third-order valence-electron chi connectivity index (χ3n) is 3.40. The van der Waals surface area contributed by atoms with Crippen LogP contribution in [0.2, 0.25) is 0 Å². The lowest BCUT2D eigenvalue weighted by atomic mass is 9.82. The molecule has 1 saturated heterocycles. The van der Waals surface area contributed by atoms with Gasteiger partial charge in [-0.1, -0.05) is 13.8 Å². The maximum Gasteiger partial charge on any atom is 0.256 e. The average Bonchev–Trinajstić information content (AvgIpc) is 2.32. The first-order valence-electron chi connectivity index (χ1n) is 6.09. The highest BCUT2D eigenvalue weighted by Crippen LogP contribution is 2.26. The number of piperidine rings is 1. The zero-order valence-electron chi connectivity index (χ0n) is 10.9. The van der Waals surface area contributed by atoms with Crippen molar-refractivity contribution in [2.24, 2.45) is 5.41 Å². The molecule has 1 aromatic carbocycles. The molecule has 2 rings (SSSR count). The van der Waals surface area contributed by atoms with Gasteiger partial charge in [0.15, 0.2) is 0 Å². The molecule has 0 aliphatic carbocycles. The second kappa shape index (κ2) is 4.72. The molecular weight excluding hydrogens is 252 g/mol. The summed E-state index contributed by atoms with van der Waals surface area (Å²) in [5.74, 6) is -2.00. The molecule has 0 atom stereocenters. The Balaban J connectivity index is 2.23. The standard InChI is InChI=1S/C14H15F2NO2/c1-14(2)8-17(6-5-12(14)18)13(19)10-4-3-9(15)7-11(10)16/h3-4,7H,5-6,8H2,1-2H3. The van der Waals surface area contributed by atoms with Crippen molar-refractivity contribution in [1.29, 1.82) is 0 Å². The maximum absolute atomic E-state index is 13.6. The fourth-order valence-corrected chi connectivity index (χ4v) is 2.23. The van der Waals surface area contributed by atoms with Gasteiger partial charge in [0, 0.05) is 31.0 Å². The van der Waals surface area contributed by atoms with Crippen molar-refractivity contribution >= 4 is 11.7 Å². The van der Waals surface area contributed by atoms with E-state index in [1.54, 1.807) is 13.8 Å². The van der Waals surface area contributed by atoms with Crippen LogP contribution in [0.3, 0.4) is 0 Å². The van der Waals surface area contributed by atoms with Crippen molar-refractivity contribution in [1.82, 2.24) is 4.90 Å². The summed E-state index contributed by atoms with van der Waals surface area (Å²) in [6.07, 6.45) is 0.265. The second-order valence-electron chi connectivity index (χ2n) is 5.41. The first kappa shape index (κ1) is 13.6. The van der Waals surface area contributed by atoms with Gasteiger partial charge in [0.2, 0.25) is 0 Å². The topological polar surface area (TPSA) is 37.4 Å². The number of nitrogens with zero attached hydrogens (tertiary/aromatic N) is 1. The second-order valence-corrected chi connectivity index (χ2v) is 5.41. The van der Waals surface area contributed by atoms with Gasteiger partial charge in [-0.15, -0.1) is 0 Å². The summed E-state index contributed by atoms with van der Waals surface area (Å²) >= 11 is 0. The van der Waals surface area contributed by atoms with E-state index in [1.165, 1.54) is 4.90 Å².